The van der Waals surface area contributed by atoms with Crippen molar-refractivity contribution in [2.75, 3.05) is 38.8 Å². The molecule has 2 N–H and O–H groups in total. The predicted molar refractivity (Wildman–Crippen MR) is 133 cm³/mol. The van der Waals surface area contributed by atoms with E-state index in [1.54, 1.807) is 26.4 Å². The molecule has 2 heterocycles. The summed E-state index contributed by atoms with van der Waals surface area (Å²) in [5.74, 6) is 0.871. The summed E-state index contributed by atoms with van der Waals surface area (Å²) in [7, 11) is 3.11. The number of benzene rings is 2. The van der Waals surface area contributed by atoms with Gasteiger partial charge in [-0.05, 0) is 31.5 Å². The van der Waals surface area contributed by atoms with Gasteiger partial charge >= 0.3 is 0 Å². The van der Waals surface area contributed by atoms with Gasteiger partial charge in [0.2, 0.25) is 5.91 Å². The lowest BCUT2D eigenvalue weighted by Gasteiger charge is -2.23. The molecule has 0 aliphatic rings. The Hall–Kier alpha value is -4.01. The standard InChI is InChI=1S/C25H29N5O4/c1-4-29(17-9-6-5-7-10-17)12-8-11-26-22(31)15-30-16-27-23-18-13-20(33-2)21(34-3)14-19(18)28-24(23)25(30)32/h5-7,9-10,13-14,16,28H,4,8,11-12,15H2,1-3H3,(H,26,31). The first-order valence-electron chi connectivity index (χ1n) is 11.2. The molecule has 0 bridgehead atoms. The molecule has 0 atom stereocenters. The first-order valence-corrected chi connectivity index (χ1v) is 11.2. The molecule has 4 rings (SSSR count). The second kappa shape index (κ2) is 10.3. The first kappa shape index (κ1) is 23.2. The van der Waals surface area contributed by atoms with Gasteiger partial charge in [0.15, 0.2) is 11.5 Å². The molecule has 0 fully saturated rings. The van der Waals surface area contributed by atoms with Crippen LogP contribution in [0.15, 0.2) is 53.6 Å². The van der Waals surface area contributed by atoms with Crippen LogP contribution in [0.2, 0.25) is 0 Å². The van der Waals surface area contributed by atoms with Crippen molar-refractivity contribution in [2.24, 2.45) is 0 Å². The van der Waals surface area contributed by atoms with Crippen LogP contribution in [0.5, 0.6) is 11.5 Å². The number of hydrogen-bond acceptors (Lipinski definition) is 6. The third kappa shape index (κ3) is 4.68. The monoisotopic (exact) mass is 463 g/mol. The maximum absolute atomic E-state index is 13.0. The molecule has 0 unspecified atom stereocenters. The number of hydrogen-bond donors (Lipinski definition) is 2. The fraction of sp³-hybridized carbons (Fsp3) is 0.320. The zero-order chi connectivity index (χ0) is 24.1. The number of nitrogens with one attached hydrogen (secondary N) is 2. The Labute approximate surface area is 197 Å². The van der Waals surface area contributed by atoms with E-state index in [1.807, 2.05) is 18.2 Å². The molecule has 9 heteroatoms. The second-order valence-electron chi connectivity index (χ2n) is 7.90. The number of nitrogens with zero attached hydrogens (tertiary/aromatic N) is 3. The van der Waals surface area contributed by atoms with E-state index in [-0.39, 0.29) is 18.0 Å². The van der Waals surface area contributed by atoms with E-state index in [0.717, 1.165) is 30.6 Å². The Morgan fingerprint density at radius 1 is 1.15 bits per heavy atom. The largest absolute Gasteiger partial charge is 0.493 e. The highest BCUT2D eigenvalue weighted by Gasteiger charge is 2.16. The van der Waals surface area contributed by atoms with Gasteiger partial charge in [-0.3, -0.25) is 14.2 Å². The second-order valence-corrected chi connectivity index (χ2v) is 7.90. The SMILES string of the molecule is CCN(CCCNC(=O)Cn1cnc2c([nH]c3cc(OC)c(OC)cc32)c1=O)c1ccccc1. The molecule has 34 heavy (non-hydrogen) atoms. The highest BCUT2D eigenvalue weighted by Crippen LogP contribution is 2.34. The highest BCUT2D eigenvalue weighted by molar-refractivity contribution is 6.05. The zero-order valence-electron chi connectivity index (χ0n) is 19.6. The van der Waals surface area contributed by atoms with E-state index < -0.39 is 0 Å². The lowest BCUT2D eigenvalue weighted by Crippen LogP contribution is -2.34. The Balaban J connectivity index is 1.41. The first-order chi connectivity index (χ1) is 16.5. The fourth-order valence-electron chi connectivity index (χ4n) is 4.05. The van der Waals surface area contributed by atoms with Gasteiger partial charge in [-0.25, -0.2) is 4.98 Å². The number of rotatable bonds is 10. The Bertz CT molecular complexity index is 1350. The van der Waals surface area contributed by atoms with Crippen LogP contribution in [0.1, 0.15) is 13.3 Å². The van der Waals surface area contributed by atoms with Gasteiger partial charge in [0.1, 0.15) is 17.6 Å². The molecule has 1 amide bonds. The summed E-state index contributed by atoms with van der Waals surface area (Å²) in [6.07, 6.45) is 2.20. The minimum atomic E-state index is -0.310. The van der Waals surface area contributed by atoms with Gasteiger partial charge in [0, 0.05) is 36.8 Å². The third-order valence-electron chi connectivity index (χ3n) is 5.82. The molecule has 2 aromatic carbocycles. The summed E-state index contributed by atoms with van der Waals surface area (Å²) in [6.45, 7) is 4.26. The number of carbonyl (C=O) groups excluding carboxylic acids is 1. The average Bonchev–Trinajstić information content (AvgIpc) is 3.23. The summed E-state index contributed by atoms with van der Waals surface area (Å²) in [4.78, 5) is 35.3. The number of methoxy groups -OCH3 is 2. The molecular formula is C25H29N5O4. The van der Waals surface area contributed by atoms with Crippen LogP contribution in [0.25, 0.3) is 21.9 Å². The molecule has 9 nitrogen and oxygen atoms in total. The molecule has 178 valence electrons. The van der Waals surface area contributed by atoms with Crippen LogP contribution in [0.4, 0.5) is 5.69 Å². The summed E-state index contributed by atoms with van der Waals surface area (Å²) < 4.78 is 12.0. The normalized spacial score (nSPS) is 11.0. The van der Waals surface area contributed by atoms with Gasteiger partial charge in [0.05, 0.1) is 26.1 Å². The van der Waals surface area contributed by atoms with Crippen molar-refractivity contribution in [3.8, 4) is 11.5 Å². The van der Waals surface area contributed by atoms with Crippen molar-refractivity contribution < 1.29 is 14.3 Å². The van der Waals surface area contributed by atoms with Crippen molar-refractivity contribution in [3.05, 3.63) is 59.1 Å². The molecule has 0 aliphatic carbocycles. The molecule has 0 radical (unpaired) electrons. The van der Waals surface area contributed by atoms with Crippen molar-refractivity contribution in [1.82, 2.24) is 19.9 Å². The maximum atomic E-state index is 13.0. The van der Waals surface area contributed by atoms with E-state index in [1.165, 1.54) is 10.9 Å². The zero-order valence-corrected chi connectivity index (χ0v) is 19.6. The van der Waals surface area contributed by atoms with Crippen LogP contribution >= 0.6 is 0 Å². The highest BCUT2D eigenvalue weighted by atomic mass is 16.5. The van der Waals surface area contributed by atoms with Crippen molar-refractivity contribution in [2.45, 2.75) is 19.9 Å². The summed E-state index contributed by atoms with van der Waals surface area (Å²) in [5, 5.41) is 3.65. The lowest BCUT2D eigenvalue weighted by molar-refractivity contribution is -0.121. The van der Waals surface area contributed by atoms with Gasteiger partial charge in [-0.2, -0.15) is 0 Å². The van der Waals surface area contributed by atoms with Gasteiger partial charge in [-0.1, -0.05) is 18.2 Å². The van der Waals surface area contributed by atoms with Gasteiger partial charge in [-0.15, -0.1) is 0 Å². The van der Waals surface area contributed by atoms with Crippen molar-refractivity contribution in [3.63, 3.8) is 0 Å². The predicted octanol–water partition coefficient (Wildman–Crippen LogP) is 2.93. The van der Waals surface area contributed by atoms with Crippen molar-refractivity contribution in [1.29, 1.82) is 0 Å². The van der Waals surface area contributed by atoms with Crippen LogP contribution < -0.4 is 25.2 Å². The lowest BCUT2D eigenvalue weighted by atomic mass is 10.2. The molecule has 0 aliphatic heterocycles. The minimum Gasteiger partial charge on any atom is -0.493 e. The summed E-state index contributed by atoms with van der Waals surface area (Å²) in [5.41, 5.74) is 2.42. The van der Waals surface area contributed by atoms with E-state index in [0.29, 0.717) is 34.6 Å². The Kier molecular flexibility index (Phi) is 7.01. The maximum Gasteiger partial charge on any atom is 0.278 e. The van der Waals surface area contributed by atoms with Crippen LogP contribution in [0.3, 0.4) is 0 Å². The van der Waals surface area contributed by atoms with Gasteiger partial charge in [0.25, 0.3) is 5.56 Å². The van der Waals surface area contributed by atoms with E-state index in [9.17, 15) is 9.59 Å². The van der Waals surface area contributed by atoms with E-state index >= 15 is 0 Å². The molecule has 0 saturated heterocycles. The number of anilines is 1. The molecule has 0 spiro atoms. The number of para-hydroxylation sites is 1. The number of H-pyrrole nitrogens is 1. The number of carbonyl (C=O) groups is 1. The van der Waals surface area contributed by atoms with Gasteiger partial charge < -0.3 is 24.7 Å². The summed E-state index contributed by atoms with van der Waals surface area (Å²) >= 11 is 0. The molecule has 4 aromatic rings. The third-order valence-corrected chi connectivity index (χ3v) is 5.82. The Morgan fingerprint density at radius 2 is 1.88 bits per heavy atom. The molecule has 0 saturated carbocycles. The molecular weight excluding hydrogens is 434 g/mol. The van der Waals surface area contributed by atoms with Crippen LogP contribution in [-0.4, -0.2) is 54.3 Å². The van der Waals surface area contributed by atoms with Crippen LogP contribution in [0, 0.1) is 0 Å². The van der Waals surface area contributed by atoms with Crippen LogP contribution in [-0.2, 0) is 11.3 Å². The topological polar surface area (TPSA) is 101 Å². The van der Waals surface area contributed by atoms with E-state index in [4.69, 9.17) is 9.47 Å². The number of fused-ring (bicyclic) bond motifs is 3. The quantitative estimate of drug-likeness (QED) is 0.351. The average molecular weight is 464 g/mol. The minimum absolute atomic E-state index is 0.0973. The molecule has 2 aromatic heterocycles. The number of ether oxygens (including phenoxy) is 2. The fourth-order valence-corrected chi connectivity index (χ4v) is 4.05. The smallest absolute Gasteiger partial charge is 0.278 e. The Morgan fingerprint density at radius 3 is 2.59 bits per heavy atom. The van der Waals surface area contributed by atoms with E-state index in [2.05, 4.69) is 39.2 Å². The summed E-state index contributed by atoms with van der Waals surface area (Å²) in [6, 6.07) is 13.7. The number of amides is 1. The number of aromatic amines is 1. The number of aromatic nitrogens is 3. The van der Waals surface area contributed by atoms with Crippen molar-refractivity contribution >= 4 is 33.5 Å².